The first-order valence-corrected chi connectivity index (χ1v) is 10.9. The summed E-state index contributed by atoms with van der Waals surface area (Å²) in [4.78, 5) is 31.0. The molecule has 0 spiro atoms. The zero-order valence-electron chi connectivity index (χ0n) is 19.0. The molecule has 0 aliphatic carbocycles. The topological polar surface area (TPSA) is 83.6 Å². The lowest BCUT2D eigenvalue weighted by Gasteiger charge is -2.42. The predicted octanol–water partition coefficient (Wildman–Crippen LogP) is 1.46. The number of piperazine rings is 1. The third kappa shape index (κ3) is 6.21. The number of carbonyl (C=O) groups excluding carboxylic acids is 2. The van der Waals surface area contributed by atoms with Crippen molar-refractivity contribution in [2.24, 2.45) is 0 Å². The van der Waals surface area contributed by atoms with Gasteiger partial charge in [0.1, 0.15) is 5.60 Å². The molecule has 3 saturated heterocycles. The van der Waals surface area contributed by atoms with Crippen molar-refractivity contribution >= 4 is 12.1 Å². The molecule has 3 rings (SSSR count). The van der Waals surface area contributed by atoms with Gasteiger partial charge in [-0.3, -0.25) is 9.80 Å². The van der Waals surface area contributed by atoms with Crippen LogP contribution in [0.25, 0.3) is 0 Å². The minimum Gasteiger partial charge on any atom is -0.444 e. The molecular formula is C22H36N4O5. The maximum absolute atomic E-state index is 12.6. The van der Waals surface area contributed by atoms with Gasteiger partial charge in [-0.2, -0.15) is 0 Å². The Hall–Kier alpha value is -2.10. The van der Waals surface area contributed by atoms with Crippen LogP contribution in [-0.2, 0) is 14.2 Å². The molecule has 0 unspecified atom stereocenters. The second kappa shape index (κ2) is 10.0. The molecule has 3 aliphatic rings. The Morgan fingerprint density at radius 3 is 2.29 bits per heavy atom. The van der Waals surface area contributed by atoms with E-state index in [2.05, 4.69) is 23.4 Å². The largest absolute Gasteiger partial charge is 0.444 e. The number of nitrogens with zero attached hydrogens (tertiary/aromatic N) is 3. The number of rotatable bonds is 5. The van der Waals surface area contributed by atoms with Gasteiger partial charge < -0.3 is 24.4 Å². The fourth-order valence-corrected chi connectivity index (χ4v) is 3.80. The van der Waals surface area contributed by atoms with Gasteiger partial charge in [-0.1, -0.05) is 13.2 Å². The van der Waals surface area contributed by atoms with Gasteiger partial charge in [0, 0.05) is 39.3 Å². The van der Waals surface area contributed by atoms with E-state index in [1.165, 1.54) is 0 Å². The Kier molecular flexibility index (Phi) is 7.61. The molecule has 0 aromatic heterocycles. The average molecular weight is 437 g/mol. The summed E-state index contributed by atoms with van der Waals surface area (Å²) in [6, 6.07) is 0.0301. The van der Waals surface area contributed by atoms with Gasteiger partial charge in [0.2, 0.25) is 0 Å². The molecule has 1 N–H and O–H groups in total. The van der Waals surface area contributed by atoms with E-state index in [1.807, 2.05) is 25.7 Å². The second-order valence-corrected chi connectivity index (χ2v) is 9.27. The molecule has 0 aromatic rings. The Morgan fingerprint density at radius 2 is 1.71 bits per heavy atom. The molecular weight excluding hydrogens is 400 g/mol. The lowest BCUT2D eigenvalue weighted by Crippen LogP contribution is -2.58. The van der Waals surface area contributed by atoms with Crippen molar-refractivity contribution in [2.75, 3.05) is 65.7 Å². The summed E-state index contributed by atoms with van der Waals surface area (Å²) in [5.74, 6) is 0. The molecule has 9 nitrogen and oxygen atoms in total. The highest BCUT2D eigenvalue weighted by Gasteiger charge is 2.34. The number of amides is 3. The summed E-state index contributed by atoms with van der Waals surface area (Å²) in [6.45, 7) is 19.9. The van der Waals surface area contributed by atoms with E-state index in [0.717, 1.165) is 26.3 Å². The predicted molar refractivity (Wildman–Crippen MR) is 117 cm³/mol. The summed E-state index contributed by atoms with van der Waals surface area (Å²) < 4.78 is 16.3. The molecule has 0 bridgehead atoms. The van der Waals surface area contributed by atoms with Gasteiger partial charge in [0.05, 0.1) is 38.5 Å². The maximum atomic E-state index is 12.6. The second-order valence-electron chi connectivity index (χ2n) is 9.27. The highest BCUT2D eigenvalue weighted by atomic mass is 16.6. The van der Waals surface area contributed by atoms with E-state index in [0.29, 0.717) is 50.0 Å². The molecule has 3 amide bonds. The number of carbonyl (C=O) groups is 2. The molecule has 174 valence electrons. The van der Waals surface area contributed by atoms with Crippen LogP contribution >= 0.6 is 0 Å². The third-order valence-corrected chi connectivity index (χ3v) is 5.80. The van der Waals surface area contributed by atoms with Crippen LogP contribution < -0.4 is 5.32 Å². The molecule has 9 heteroatoms. The van der Waals surface area contributed by atoms with Gasteiger partial charge in [-0.25, -0.2) is 9.59 Å². The molecule has 3 heterocycles. The zero-order chi connectivity index (χ0) is 22.6. The Labute approximate surface area is 184 Å². The molecule has 31 heavy (non-hydrogen) atoms. The van der Waals surface area contributed by atoms with Gasteiger partial charge >= 0.3 is 12.1 Å². The molecule has 0 aromatic carbocycles. The number of hydrogen-bond donors (Lipinski definition) is 1. The SMILES string of the molecule is C=C(CNC(=O)N1CCN(C2COC2)CC1)C(=C)[C@@H]1COCCN1C(=O)OC(C)(C)C. The van der Waals surface area contributed by atoms with Crippen LogP contribution in [0.5, 0.6) is 0 Å². The minimum absolute atomic E-state index is 0.109. The van der Waals surface area contributed by atoms with Crippen molar-refractivity contribution in [3.63, 3.8) is 0 Å². The maximum Gasteiger partial charge on any atom is 0.410 e. The van der Waals surface area contributed by atoms with E-state index >= 15 is 0 Å². The Balaban J connectivity index is 1.47. The van der Waals surface area contributed by atoms with E-state index in [4.69, 9.17) is 14.2 Å². The van der Waals surface area contributed by atoms with Crippen LogP contribution in [0, 0.1) is 0 Å². The zero-order valence-corrected chi connectivity index (χ0v) is 19.0. The highest BCUT2D eigenvalue weighted by Crippen LogP contribution is 2.22. The molecule has 3 aliphatic heterocycles. The normalized spacial score (nSPS) is 23.1. The van der Waals surface area contributed by atoms with Crippen LogP contribution in [0.1, 0.15) is 20.8 Å². The van der Waals surface area contributed by atoms with Crippen LogP contribution in [-0.4, -0.2) is 110 Å². The lowest BCUT2D eigenvalue weighted by molar-refractivity contribution is -0.0739. The van der Waals surface area contributed by atoms with Crippen molar-refractivity contribution in [3.8, 4) is 0 Å². The number of urea groups is 1. The molecule has 0 saturated carbocycles. The van der Waals surface area contributed by atoms with Crippen LogP contribution in [0.4, 0.5) is 9.59 Å². The molecule has 1 atom stereocenters. The van der Waals surface area contributed by atoms with E-state index in [9.17, 15) is 9.59 Å². The minimum atomic E-state index is -0.581. The molecule has 3 fully saturated rings. The summed E-state index contributed by atoms with van der Waals surface area (Å²) in [5.41, 5.74) is 0.755. The third-order valence-electron chi connectivity index (χ3n) is 5.80. The van der Waals surface area contributed by atoms with Crippen LogP contribution in [0.3, 0.4) is 0 Å². The molecule has 0 radical (unpaired) electrons. The summed E-state index contributed by atoms with van der Waals surface area (Å²) in [7, 11) is 0. The van der Waals surface area contributed by atoms with Gasteiger partial charge in [-0.05, 0) is 31.9 Å². The number of morpholine rings is 1. The smallest absolute Gasteiger partial charge is 0.410 e. The van der Waals surface area contributed by atoms with E-state index < -0.39 is 11.7 Å². The number of hydrogen-bond acceptors (Lipinski definition) is 6. The fraction of sp³-hybridized carbons (Fsp3) is 0.727. The monoisotopic (exact) mass is 436 g/mol. The standard InChI is InChI=1S/C22H36N4O5/c1-16(12-23-20(27)25-8-6-24(7-9-25)18-13-30-14-18)17(2)19-15-29-11-10-26(19)21(28)31-22(3,4)5/h18-19H,1-2,6-15H2,3-5H3,(H,23,27)/t19-/m0/s1. The summed E-state index contributed by atoms with van der Waals surface area (Å²) in [6.07, 6.45) is -0.395. The number of nitrogens with one attached hydrogen (secondary N) is 1. The first-order chi connectivity index (χ1) is 14.7. The quantitative estimate of drug-likeness (QED) is 0.657. The first-order valence-electron chi connectivity index (χ1n) is 10.9. The average Bonchev–Trinajstić information content (AvgIpc) is 2.69. The van der Waals surface area contributed by atoms with Gasteiger partial charge in [-0.15, -0.1) is 0 Å². The van der Waals surface area contributed by atoms with E-state index in [-0.39, 0.29) is 18.6 Å². The van der Waals surface area contributed by atoms with Crippen molar-refractivity contribution < 1.29 is 23.8 Å². The van der Waals surface area contributed by atoms with Crippen LogP contribution in [0.15, 0.2) is 24.3 Å². The number of ether oxygens (including phenoxy) is 3. The van der Waals surface area contributed by atoms with Crippen molar-refractivity contribution in [3.05, 3.63) is 24.3 Å². The van der Waals surface area contributed by atoms with Crippen molar-refractivity contribution in [1.29, 1.82) is 0 Å². The van der Waals surface area contributed by atoms with Crippen molar-refractivity contribution in [2.45, 2.75) is 38.5 Å². The fourth-order valence-electron chi connectivity index (χ4n) is 3.80. The lowest BCUT2D eigenvalue weighted by atomic mass is 10.00. The highest BCUT2D eigenvalue weighted by molar-refractivity contribution is 5.75. The summed E-state index contributed by atoms with van der Waals surface area (Å²) >= 11 is 0. The summed E-state index contributed by atoms with van der Waals surface area (Å²) in [5, 5.41) is 2.93. The van der Waals surface area contributed by atoms with E-state index in [1.54, 1.807) is 4.90 Å². The Morgan fingerprint density at radius 1 is 1.03 bits per heavy atom. The van der Waals surface area contributed by atoms with Gasteiger partial charge in [0.15, 0.2) is 0 Å². The van der Waals surface area contributed by atoms with Gasteiger partial charge in [0.25, 0.3) is 0 Å². The first kappa shape index (κ1) is 23.6. The van der Waals surface area contributed by atoms with Crippen LogP contribution in [0.2, 0.25) is 0 Å². The Bertz CT molecular complexity index is 693. The van der Waals surface area contributed by atoms with Crippen molar-refractivity contribution in [1.82, 2.24) is 20.0 Å².